The van der Waals surface area contributed by atoms with Crippen molar-refractivity contribution in [2.75, 3.05) is 25.4 Å². The number of carboxylic acid groups (broad SMARTS) is 1. The molecule has 1 amide bonds. The number of nitrogens with one attached hydrogen (secondary N) is 2. The SMILES string of the molecule is [2H]N(CCOc1ccc(-c2c(C#N)c(N)nc(SCc3csc(-c4ccc(Cl)cc4)n3)c2C#N)cc1)[C@@H](CCCCN)C(=O)N[C@H](C(=O)O)C(C)C. The van der Waals surface area contributed by atoms with Gasteiger partial charge in [-0.3, -0.25) is 4.79 Å². The van der Waals surface area contributed by atoms with Gasteiger partial charge in [0.15, 0.2) is 0 Å². The maximum absolute atomic E-state index is 13.1. The number of pyridine rings is 1. The molecule has 2 aromatic carbocycles. The molecule has 4 aromatic rings. The number of thioether (sulfide) groups is 1. The molecule has 15 heteroatoms. The Balaban J connectivity index is 1.45. The number of carboxylic acids is 1. The summed E-state index contributed by atoms with van der Waals surface area (Å²) in [6.07, 6.45) is 1.59. The van der Waals surface area contributed by atoms with E-state index < -0.39 is 24.0 Å². The van der Waals surface area contributed by atoms with Crippen LogP contribution in [0.5, 0.6) is 5.75 Å². The van der Waals surface area contributed by atoms with Crippen LogP contribution in [0, 0.1) is 28.6 Å². The first-order valence-corrected chi connectivity index (χ1v) is 18.4. The zero-order chi connectivity index (χ0) is 37.8. The summed E-state index contributed by atoms with van der Waals surface area (Å²) in [5, 5.41) is 37.2. The second-order valence-corrected chi connectivity index (χ2v) is 14.0. The molecular weight excluding hydrogens is 708 g/mol. The number of carbonyl (C=O) groups excluding carboxylic acids is 1. The Bertz CT molecular complexity index is 1930. The second-order valence-electron chi connectivity index (χ2n) is 11.7. The fraction of sp³-hybridized carbons (Fsp3) is 0.333. The number of hydrogen-bond acceptors (Lipinski definition) is 12. The third-order valence-electron chi connectivity index (χ3n) is 7.73. The molecule has 0 aliphatic heterocycles. The van der Waals surface area contributed by atoms with Crippen LogP contribution in [-0.2, 0) is 15.3 Å². The number of thiazole rings is 1. The van der Waals surface area contributed by atoms with Gasteiger partial charge in [-0.05, 0) is 55.1 Å². The molecule has 4 rings (SSSR count). The van der Waals surface area contributed by atoms with Gasteiger partial charge < -0.3 is 31.9 Å². The maximum atomic E-state index is 13.1. The van der Waals surface area contributed by atoms with Crippen molar-refractivity contribution in [3.8, 4) is 39.6 Å². The molecule has 0 saturated carbocycles. The summed E-state index contributed by atoms with van der Waals surface area (Å²) in [5.74, 6) is -1.13. The summed E-state index contributed by atoms with van der Waals surface area (Å²) in [7, 11) is 0. The van der Waals surface area contributed by atoms with E-state index in [0.29, 0.717) is 58.5 Å². The third kappa shape index (κ3) is 10.7. The predicted octanol–water partition coefficient (Wildman–Crippen LogP) is 5.83. The molecule has 0 aliphatic carbocycles. The van der Waals surface area contributed by atoms with Gasteiger partial charge in [0.05, 0.1) is 17.3 Å². The molecule has 0 bridgehead atoms. The second kappa shape index (κ2) is 19.1. The van der Waals surface area contributed by atoms with Crippen LogP contribution in [0.3, 0.4) is 0 Å². The fourth-order valence-electron chi connectivity index (χ4n) is 5.07. The molecule has 0 saturated heterocycles. The number of carbonyl (C=O) groups is 2. The number of nitriles is 2. The lowest BCUT2D eigenvalue weighted by atomic mass is 9.97. The van der Waals surface area contributed by atoms with Crippen LogP contribution < -0.4 is 26.8 Å². The number of nitrogen functional groups attached to an aromatic ring is 1. The molecule has 2 aromatic heterocycles. The third-order valence-corrected chi connectivity index (χ3v) is 9.93. The Morgan fingerprint density at radius 1 is 1.08 bits per heavy atom. The first-order valence-electron chi connectivity index (χ1n) is 16.6. The Kier molecular flexibility index (Phi) is 14.0. The first kappa shape index (κ1) is 37.6. The van der Waals surface area contributed by atoms with Gasteiger partial charge in [0.1, 0.15) is 53.4 Å². The quantitative estimate of drug-likeness (QED) is 0.0600. The van der Waals surface area contributed by atoms with Crippen molar-refractivity contribution in [3.05, 3.63) is 75.8 Å². The molecule has 0 aliphatic rings. The molecule has 2 heterocycles. The molecule has 12 nitrogen and oxygen atoms in total. The lowest BCUT2D eigenvalue weighted by Gasteiger charge is -2.23. The van der Waals surface area contributed by atoms with Crippen LogP contribution in [0.15, 0.2) is 58.9 Å². The van der Waals surface area contributed by atoms with Crippen LogP contribution in [0.4, 0.5) is 5.82 Å². The van der Waals surface area contributed by atoms with E-state index in [0.717, 1.165) is 21.6 Å². The Morgan fingerprint density at radius 2 is 1.76 bits per heavy atom. The Labute approximate surface area is 311 Å². The number of anilines is 1. The standard InChI is InChI=1S/C36H39ClN8O4S2/c1-21(2)31(36(47)48)44-33(46)29(5-3-4-14-38)42-15-16-49-26-12-8-22(9-13-26)30-27(17-39)32(41)45-35(28(30)18-40)51-20-25-19-50-34(43-25)23-6-10-24(37)11-7-23/h6-13,19,21,29,31,42H,3-5,14-16,20,38H2,1-2H3,(H2,41,45)(H,44,46)(H,47,48)/t29-,31-/m0/s1/i/hD. The minimum Gasteiger partial charge on any atom is -0.492 e. The van der Waals surface area contributed by atoms with E-state index in [2.05, 4.69) is 22.4 Å². The minimum atomic E-state index is -1.14. The van der Waals surface area contributed by atoms with Gasteiger partial charge in [0.2, 0.25) is 5.91 Å². The first-order chi connectivity index (χ1) is 25.0. The number of unbranched alkanes of at least 4 members (excludes halogenated alkanes) is 1. The summed E-state index contributed by atoms with van der Waals surface area (Å²) < 4.78 is 14.4. The van der Waals surface area contributed by atoms with Crippen LogP contribution in [0.1, 0.15) is 49.9 Å². The van der Waals surface area contributed by atoms with E-state index in [-0.39, 0.29) is 36.0 Å². The number of benzene rings is 2. The number of nitrogens with zero attached hydrogens (tertiary/aromatic N) is 4. The topological polar surface area (TPSA) is 213 Å². The van der Waals surface area contributed by atoms with E-state index in [4.69, 9.17) is 34.2 Å². The van der Waals surface area contributed by atoms with E-state index in [1.807, 2.05) is 17.5 Å². The fourth-order valence-corrected chi connectivity index (χ4v) is 7.02. The lowest BCUT2D eigenvalue weighted by molar-refractivity contribution is -0.143. The minimum absolute atomic E-state index is 0.00289. The average Bonchev–Trinajstić information content (AvgIpc) is 3.60. The molecule has 2 atom stereocenters. The molecule has 266 valence electrons. The summed E-state index contributed by atoms with van der Waals surface area (Å²) in [4.78, 5) is 33.8. The van der Waals surface area contributed by atoms with E-state index in [1.165, 1.54) is 23.1 Å². The van der Waals surface area contributed by atoms with Gasteiger partial charge in [-0.25, -0.2) is 14.8 Å². The van der Waals surface area contributed by atoms with Crippen molar-refractivity contribution in [1.82, 2.24) is 20.6 Å². The normalized spacial score (nSPS) is 12.5. The maximum Gasteiger partial charge on any atom is 0.326 e. The van der Waals surface area contributed by atoms with E-state index in [9.17, 15) is 25.2 Å². The van der Waals surface area contributed by atoms with Crippen LogP contribution in [0.2, 0.25) is 6.43 Å². The van der Waals surface area contributed by atoms with Crippen LogP contribution in [-0.4, -0.2) is 58.7 Å². The highest BCUT2D eigenvalue weighted by Crippen LogP contribution is 2.37. The van der Waals surface area contributed by atoms with Gasteiger partial charge in [0, 0.05) is 33.8 Å². The smallest absolute Gasteiger partial charge is 0.326 e. The number of hydrogen-bond donors (Lipinski definition) is 5. The Hall–Kier alpha value is -4.70. The zero-order valence-electron chi connectivity index (χ0n) is 29.1. The summed E-state index contributed by atoms with van der Waals surface area (Å²) in [6, 6.07) is 16.5. The van der Waals surface area contributed by atoms with Crippen molar-refractivity contribution >= 4 is 52.4 Å². The van der Waals surface area contributed by atoms with Gasteiger partial charge >= 0.3 is 5.97 Å². The van der Waals surface area contributed by atoms with Crippen molar-refractivity contribution < 1.29 is 20.8 Å². The highest BCUT2D eigenvalue weighted by molar-refractivity contribution is 7.98. The summed E-state index contributed by atoms with van der Waals surface area (Å²) in [5.41, 5.74) is 14.8. The van der Waals surface area contributed by atoms with Crippen LogP contribution in [0.25, 0.3) is 21.7 Å². The summed E-state index contributed by atoms with van der Waals surface area (Å²) >= 11 is 8.81. The summed E-state index contributed by atoms with van der Waals surface area (Å²) in [6.45, 7) is 3.95. The van der Waals surface area contributed by atoms with E-state index >= 15 is 0 Å². The molecule has 0 radical (unpaired) electrons. The number of aromatic nitrogens is 2. The van der Waals surface area contributed by atoms with Crippen molar-refractivity contribution in [1.29, 1.82) is 10.5 Å². The van der Waals surface area contributed by atoms with Gasteiger partial charge in [-0.2, -0.15) is 10.5 Å². The molecule has 51 heavy (non-hydrogen) atoms. The van der Waals surface area contributed by atoms with Crippen molar-refractivity contribution in [2.45, 2.75) is 56.0 Å². The molecule has 0 fully saturated rings. The number of halogens is 1. The number of nitrogens with two attached hydrogens (primary N) is 2. The number of ether oxygens (including phenoxy) is 1. The molecule has 7 N–H and O–H groups in total. The van der Waals surface area contributed by atoms with E-state index in [1.54, 1.807) is 50.2 Å². The lowest BCUT2D eigenvalue weighted by Crippen LogP contribution is -2.52. The molecule has 0 unspecified atom stereocenters. The highest BCUT2D eigenvalue weighted by Gasteiger charge is 2.27. The number of amides is 1. The number of rotatable bonds is 18. The Morgan fingerprint density at radius 3 is 2.39 bits per heavy atom. The zero-order valence-corrected chi connectivity index (χ0v) is 30.5. The average molecular weight is 748 g/mol. The predicted molar refractivity (Wildman–Crippen MR) is 200 cm³/mol. The number of aliphatic carboxylic acids is 1. The van der Waals surface area contributed by atoms with Gasteiger partial charge in [-0.15, -0.1) is 11.3 Å². The highest BCUT2D eigenvalue weighted by atomic mass is 35.5. The molecule has 0 spiro atoms. The monoisotopic (exact) mass is 747 g/mol. The largest absolute Gasteiger partial charge is 0.492 e. The molecular formula is C36H39ClN8O4S2. The van der Waals surface area contributed by atoms with Crippen molar-refractivity contribution in [2.24, 2.45) is 11.7 Å². The van der Waals surface area contributed by atoms with Gasteiger partial charge in [-0.1, -0.05) is 67.9 Å². The van der Waals surface area contributed by atoms with Gasteiger partial charge in [0.25, 0.3) is 0 Å². The van der Waals surface area contributed by atoms with Crippen molar-refractivity contribution in [3.63, 3.8) is 0 Å². The van der Waals surface area contributed by atoms with Crippen LogP contribution >= 0.6 is 34.7 Å².